The highest BCUT2D eigenvalue weighted by Gasteiger charge is 2.14. The van der Waals surface area contributed by atoms with Crippen LogP contribution in [0.15, 0.2) is 54.6 Å². The highest BCUT2D eigenvalue weighted by molar-refractivity contribution is 6.33. The molecule has 0 unspecified atom stereocenters. The van der Waals surface area contributed by atoms with E-state index in [1.54, 1.807) is 60.1 Å². The van der Waals surface area contributed by atoms with E-state index in [1.807, 2.05) is 0 Å². The van der Waals surface area contributed by atoms with Gasteiger partial charge in [-0.05, 0) is 42.5 Å². The van der Waals surface area contributed by atoms with Gasteiger partial charge in [-0.15, -0.1) is 0 Å². The molecule has 0 atom stereocenters. The lowest BCUT2D eigenvalue weighted by atomic mass is 10.1. The number of anilines is 1. The molecule has 4 rings (SSSR count). The van der Waals surface area contributed by atoms with E-state index in [9.17, 15) is 9.59 Å². The summed E-state index contributed by atoms with van der Waals surface area (Å²) in [5, 5.41) is 11.9. The van der Waals surface area contributed by atoms with Crippen molar-refractivity contribution in [3.05, 3.63) is 65.2 Å². The Morgan fingerprint density at radius 2 is 1.75 bits per heavy atom. The third-order valence-corrected chi connectivity index (χ3v) is 5.60. The number of carbonyl (C=O) groups is 2. The fourth-order valence-corrected chi connectivity index (χ4v) is 3.65. The Bertz CT molecular complexity index is 1400. The Balaban J connectivity index is 1.55. The smallest absolute Gasteiger partial charge is 0.255 e. The van der Waals surface area contributed by atoms with Crippen molar-refractivity contribution in [1.82, 2.24) is 15.4 Å². The molecule has 1 aromatic heterocycles. The van der Waals surface area contributed by atoms with Crippen LogP contribution < -0.4 is 25.0 Å². The van der Waals surface area contributed by atoms with Gasteiger partial charge in [0, 0.05) is 28.9 Å². The van der Waals surface area contributed by atoms with E-state index in [4.69, 9.17) is 31.0 Å². The Labute approximate surface area is 211 Å². The number of nitrogens with zero attached hydrogens (tertiary/aromatic N) is 1. The number of fused-ring (bicyclic) bond motifs is 1. The van der Waals surface area contributed by atoms with Crippen molar-refractivity contribution in [2.45, 2.75) is 6.42 Å². The Kier molecular flexibility index (Phi) is 7.57. The number of hydrogen-bond donors (Lipinski definition) is 4. The molecule has 4 N–H and O–H groups in total. The third-order valence-electron chi connectivity index (χ3n) is 5.27. The summed E-state index contributed by atoms with van der Waals surface area (Å²) in [5.74, 6) is 1.14. The van der Waals surface area contributed by atoms with Crippen LogP contribution in [0.25, 0.3) is 22.4 Å². The standard InChI is InChI=1S/C25H23ClN4O6/c1-34-17-9-14(10-18(12-17)35-2)25(32)27-15-3-5-20(26)19(11-15)24-28-21-6-4-16(13-22(21)29-24)36-8-7-23(31)30-33/h3-6,9-13,33H,7-8H2,1-2H3,(H,27,32)(H,28,29)(H,30,31). The molecule has 36 heavy (non-hydrogen) atoms. The van der Waals surface area contributed by atoms with Crippen molar-refractivity contribution in [3.8, 4) is 28.6 Å². The van der Waals surface area contributed by atoms with E-state index in [0.29, 0.717) is 50.4 Å². The van der Waals surface area contributed by atoms with Gasteiger partial charge in [-0.3, -0.25) is 14.8 Å². The summed E-state index contributed by atoms with van der Waals surface area (Å²) >= 11 is 6.45. The number of ether oxygens (including phenoxy) is 3. The first-order chi connectivity index (χ1) is 17.4. The number of carbonyl (C=O) groups excluding carboxylic acids is 2. The maximum absolute atomic E-state index is 12.9. The zero-order chi connectivity index (χ0) is 25.7. The molecule has 0 bridgehead atoms. The summed E-state index contributed by atoms with van der Waals surface area (Å²) in [4.78, 5) is 31.8. The second kappa shape index (κ2) is 11.0. The molecule has 0 saturated carbocycles. The number of H-pyrrole nitrogens is 1. The molecule has 0 aliphatic carbocycles. The number of amides is 2. The molecular weight excluding hydrogens is 488 g/mol. The van der Waals surface area contributed by atoms with Gasteiger partial charge in [-0.25, -0.2) is 10.5 Å². The maximum Gasteiger partial charge on any atom is 0.255 e. The predicted octanol–water partition coefficient (Wildman–Crippen LogP) is 4.43. The normalized spacial score (nSPS) is 10.7. The van der Waals surface area contributed by atoms with Crippen LogP contribution >= 0.6 is 11.6 Å². The van der Waals surface area contributed by atoms with E-state index in [-0.39, 0.29) is 18.9 Å². The van der Waals surface area contributed by atoms with Crippen LogP contribution in [0.1, 0.15) is 16.8 Å². The van der Waals surface area contributed by atoms with Gasteiger partial charge in [-0.2, -0.15) is 0 Å². The Hall–Kier alpha value is -4.28. The minimum Gasteiger partial charge on any atom is -0.497 e. The average molecular weight is 511 g/mol. The molecule has 1 heterocycles. The quantitative estimate of drug-likeness (QED) is 0.193. The first kappa shape index (κ1) is 24.8. The Morgan fingerprint density at radius 3 is 2.44 bits per heavy atom. The molecule has 0 saturated heterocycles. The van der Waals surface area contributed by atoms with Crippen molar-refractivity contribution < 1.29 is 29.0 Å². The summed E-state index contributed by atoms with van der Waals surface area (Å²) in [6, 6.07) is 15.3. The van der Waals surface area contributed by atoms with Crippen LogP contribution in [0, 0.1) is 0 Å². The lowest BCUT2D eigenvalue weighted by Crippen LogP contribution is -2.20. The van der Waals surface area contributed by atoms with Crippen LogP contribution in [0.5, 0.6) is 17.2 Å². The van der Waals surface area contributed by atoms with E-state index in [2.05, 4.69) is 15.3 Å². The second-order valence-electron chi connectivity index (χ2n) is 7.65. The molecule has 186 valence electrons. The van der Waals surface area contributed by atoms with Crippen LogP contribution in [-0.2, 0) is 4.79 Å². The van der Waals surface area contributed by atoms with Gasteiger partial charge in [-0.1, -0.05) is 11.6 Å². The van der Waals surface area contributed by atoms with Gasteiger partial charge in [0.2, 0.25) is 5.91 Å². The minimum absolute atomic E-state index is 0.0109. The number of rotatable bonds is 9. The molecular formula is C25H23ClN4O6. The molecule has 4 aromatic rings. The van der Waals surface area contributed by atoms with Crippen molar-refractivity contribution in [2.75, 3.05) is 26.1 Å². The van der Waals surface area contributed by atoms with Crippen molar-refractivity contribution in [3.63, 3.8) is 0 Å². The predicted molar refractivity (Wildman–Crippen MR) is 134 cm³/mol. The molecule has 0 spiro atoms. The molecule has 10 nitrogen and oxygen atoms in total. The summed E-state index contributed by atoms with van der Waals surface area (Å²) in [5.41, 5.74) is 4.42. The average Bonchev–Trinajstić information content (AvgIpc) is 3.32. The van der Waals surface area contributed by atoms with Crippen molar-refractivity contribution in [1.29, 1.82) is 0 Å². The summed E-state index contributed by atoms with van der Waals surface area (Å²) in [6.45, 7) is 0.0991. The highest BCUT2D eigenvalue weighted by atomic mass is 35.5. The molecule has 2 amide bonds. The van der Waals surface area contributed by atoms with Gasteiger partial charge in [0.25, 0.3) is 5.91 Å². The van der Waals surface area contributed by atoms with Crippen LogP contribution in [0.2, 0.25) is 5.02 Å². The number of benzene rings is 3. The fraction of sp³-hybridized carbons (Fsp3) is 0.160. The van der Waals surface area contributed by atoms with E-state index >= 15 is 0 Å². The minimum atomic E-state index is -0.537. The van der Waals surface area contributed by atoms with E-state index < -0.39 is 5.91 Å². The maximum atomic E-state index is 12.9. The second-order valence-corrected chi connectivity index (χ2v) is 8.06. The zero-order valence-electron chi connectivity index (χ0n) is 19.4. The number of halogens is 1. The van der Waals surface area contributed by atoms with Crippen LogP contribution in [0.4, 0.5) is 5.69 Å². The van der Waals surface area contributed by atoms with Crippen LogP contribution in [-0.4, -0.2) is 47.8 Å². The number of imidazole rings is 1. The first-order valence-corrected chi connectivity index (χ1v) is 11.2. The fourth-order valence-electron chi connectivity index (χ4n) is 3.45. The SMILES string of the molecule is COc1cc(OC)cc(C(=O)Nc2ccc(Cl)c(-c3nc4cc(OCCC(=O)NO)ccc4[nH]3)c2)c1. The van der Waals surface area contributed by atoms with E-state index in [1.165, 1.54) is 14.2 Å². The summed E-state index contributed by atoms with van der Waals surface area (Å²) in [7, 11) is 3.03. The lowest BCUT2D eigenvalue weighted by Gasteiger charge is -2.10. The van der Waals surface area contributed by atoms with Gasteiger partial charge < -0.3 is 24.5 Å². The molecule has 3 aromatic carbocycles. The lowest BCUT2D eigenvalue weighted by molar-refractivity contribution is -0.129. The third kappa shape index (κ3) is 5.68. The number of hydrogen-bond acceptors (Lipinski definition) is 7. The Morgan fingerprint density at radius 1 is 1.00 bits per heavy atom. The first-order valence-electron chi connectivity index (χ1n) is 10.8. The van der Waals surface area contributed by atoms with Crippen molar-refractivity contribution >= 4 is 40.1 Å². The van der Waals surface area contributed by atoms with Gasteiger partial charge in [0.1, 0.15) is 23.1 Å². The number of aromatic amines is 1. The topological polar surface area (TPSA) is 135 Å². The van der Waals surface area contributed by atoms with E-state index in [0.717, 1.165) is 5.52 Å². The largest absolute Gasteiger partial charge is 0.497 e. The van der Waals surface area contributed by atoms with Gasteiger partial charge >= 0.3 is 0 Å². The monoisotopic (exact) mass is 510 g/mol. The van der Waals surface area contributed by atoms with Crippen LogP contribution in [0.3, 0.4) is 0 Å². The van der Waals surface area contributed by atoms with Gasteiger partial charge in [0.15, 0.2) is 0 Å². The molecule has 0 fully saturated rings. The molecule has 0 aliphatic rings. The number of nitrogens with one attached hydrogen (secondary N) is 3. The highest BCUT2D eigenvalue weighted by Crippen LogP contribution is 2.32. The number of hydroxylamine groups is 1. The van der Waals surface area contributed by atoms with Gasteiger partial charge in [0.05, 0.1) is 43.3 Å². The molecule has 11 heteroatoms. The summed E-state index contributed by atoms with van der Waals surface area (Å²) < 4.78 is 16.0. The van der Waals surface area contributed by atoms with Crippen molar-refractivity contribution in [2.24, 2.45) is 0 Å². The number of methoxy groups -OCH3 is 2. The molecule has 0 aliphatic heterocycles. The zero-order valence-corrected chi connectivity index (χ0v) is 20.2. The number of aromatic nitrogens is 2. The summed E-state index contributed by atoms with van der Waals surface area (Å²) in [6.07, 6.45) is 0.0109. The molecule has 0 radical (unpaired) electrons.